The van der Waals surface area contributed by atoms with Gasteiger partial charge in [0.2, 0.25) is 0 Å². The molecule has 0 bridgehead atoms. The zero-order valence-corrected chi connectivity index (χ0v) is 8.98. The Morgan fingerprint density at radius 1 is 1.53 bits per heavy atom. The first-order valence-electron chi connectivity index (χ1n) is 4.52. The molecule has 0 spiro atoms. The first-order chi connectivity index (χ1) is 6.97. The van der Waals surface area contributed by atoms with E-state index < -0.39 is 17.4 Å². The van der Waals surface area contributed by atoms with E-state index in [1.54, 1.807) is 6.92 Å². The second-order valence-corrected chi connectivity index (χ2v) is 3.93. The minimum absolute atomic E-state index is 0.0525. The van der Waals surface area contributed by atoms with Crippen molar-refractivity contribution < 1.29 is 13.9 Å². The molecule has 3 N–H and O–H groups in total. The van der Waals surface area contributed by atoms with Gasteiger partial charge in [0.15, 0.2) is 11.6 Å². The fourth-order valence-corrected chi connectivity index (χ4v) is 1.46. The molecule has 15 heavy (non-hydrogen) atoms. The van der Waals surface area contributed by atoms with Crippen molar-refractivity contribution in [3.63, 3.8) is 0 Å². The summed E-state index contributed by atoms with van der Waals surface area (Å²) in [6, 6.07) is 0.753. The Morgan fingerprint density at radius 2 is 2.13 bits per heavy atom. The molecule has 2 nitrogen and oxygen atoms in total. The molecule has 0 fully saturated rings. The van der Waals surface area contributed by atoms with Gasteiger partial charge in [-0.2, -0.15) is 0 Å². The largest absolute Gasteiger partial charge is 0.506 e. The number of phenols is 1. The number of benzene rings is 1. The number of phenolic OH excluding ortho intramolecular Hbond substituents is 1. The van der Waals surface area contributed by atoms with E-state index in [2.05, 4.69) is 0 Å². The van der Waals surface area contributed by atoms with Crippen LogP contribution >= 0.6 is 11.6 Å². The Balaban J connectivity index is 3.15. The van der Waals surface area contributed by atoms with E-state index >= 15 is 0 Å². The second-order valence-electron chi connectivity index (χ2n) is 3.53. The van der Waals surface area contributed by atoms with Crippen LogP contribution in [0.2, 0.25) is 5.02 Å². The van der Waals surface area contributed by atoms with Gasteiger partial charge in [-0.15, -0.1) is 0 Å². The average molecular weight is 236 g/mol. The SMILES string of the molecule is CC(CN)Cc1c(O)c(Cl)cc(F)c1F. The molecule has 0 aliphatic carbocycles. The summed E-state index contributed by atoms with van der Waals surface area (Å²) >= 11 is 5.53. The van der Waals surface area contributed by atoms with E-state index in [-0.39, 0.29) is 22.9 Å². The molecule has 0 saturated heterocycles. The Hall–Kier alpha value is -0.870. The fraction of sp³-hybridized carbons (Fsp3) is 0.400. The van der Waals surface area contributed by atoms with Crippen LogP contribution in [0.25, 0.3) is 0 Å². The summed E-state index contributed by atoms with van der Waals surface area (Å²) < 4.78 is 26.3. The van der Waals surface area contributed by atoms with Crippen LogP contribution in [0.3, 0.4) is 0 Å². The lowest BCUT2D eigenvalue weighted by Crippen LogP contribution is -2.14. The monoisotopic (exact) mass is 235 g/mol. The van der Waals surface area contributed by atoms with Gasteiger partial charge in [-0.25, -0.2) is 8.78 Å². The van der Waals surface area contributed by atoms with Crippen molar-refractivity contribution in [2.45, 2.75) is 13.3 Å². The van der Waals surface area contributed by atoms with Gasteiger partial charge >= 0.3 is 0 Å². The summed E-state index contributed by atoms with van der Waals surface area (Å²) in [5, 5.41) is 9.28. The molecule has 1 atom stereocenters. The van der Waals surface area contributed by atoms with Crippen LogP contribution in [0.1, 0.15) is 12.5 Å². The predicted molar refractivity (Wildman–Crippen MR) is 55.0 cm³/mol. The third kappa shape index (κ3) is 2.58. The standard InChI is InChI=1S/C10H12ClF2NO/c1-5(4-14)2-6-9(13)8(12)3-7(11)10(6)15/h3,5,15H,2,4,14H2,1H3. The number of aromatic hydroxyl groups is 1. The molecule has 0 saturated carbocycles. The zero-order chi connectivity index (χ0) is 11.6. The highest BCUT2D eigenvalue weighted by Gasteiger charge is 2.18. The Bertz CT molecular complexity index is 345. The molecular weight excluding hydrogens is 224 g/mol. The fourth-order valence-electron chi connectivity index (χ4n) is 1.25. The number of halogens is 3. The van der Waals surface area contributed by atoms with Gasteiger partial charge in [0, 0.05) is 5.56 Å². The van der Waals surface area contributed by atoms with E-state index in [0.717, 1.165) is 6.07 Å². The van der Waals surface area contributed by atoms with Crippen LogP contribution in [0.4, 0.5) is 8.78 Å². The summed E-state index contributed by atoms with van der Waals surface area (Å²) in [5.41, 5.74) is 5.25. The molecule has 0 radical (unpaired) electrons. The van der Waals surface area contributed by atoms with Crippen LogP contribution < -0.4 is 5.73 Å². The smallest absolute Gasteiger partial charge is 0.165 e. The van der Waals surface area contributed by atoms with E-state index in [1.807, 2.05) is 0 Å². The molecule has 5 heteroatoms. The van der Waals surface area contributed by atoms with Crippen LogP contribution in [0.5, 0.6) is 5.75 Å². The van der Waals surface area contributed by atoms with Crippen LogP contribution in [0, 0.1) is 17.6 Å². The van der Waals surface area contributed by atoms with Crippen molar-refractivity contribution in [3.05, 3.63) is 28.3 Å². The maximum atomic E-state index is 13.3. The van der Waals surface area contributed by atoms with Crippen molar-refractivity contribution in [1.82, 2.24) is 0 Å². The van der Waals surface area contributed by atoms with Crippen LogP contribution in [-0.2, 0) is 6.42 Å². The van der Waals surface area contributed by atoms with Gasteiger partial charge < -0.3 is 10.8 Å². The molecule has 0 aliphatic rings. The van der Waals surface area contributed by atoms with Crippen LogP contribution in [0.15, 0.2) is 6.07 Å². The highest BCUT2D eigenvalue weighted by Crippen LogP contribution is 2.32. The van der Waals surface area contributed by atoms with Gasteiger partial charge in [-0.3, -0.25) is 0 Å². The maximum absolute atomic E-state index is 13.3. The Kier molecular flexibility index (Phi) is 3.88. The number of hydrogen-bond acceptors (Lipinski definition) is 2. The lowest BCUT2D eigenvalue weighted by molar-refractivity contribution is 0.430. The molecule has 0 aromatic heterocycles. The molecule has 0 heterocycles. The molecular formula is C10H12ClF2NO. The lowest BCUT2D eigenvalue weighted by Gasteiger charge is -2.12. The van der Waals surface area contributed by atoms with Gasteiger partial charge in [-0.1, -0.05) is 18.5 Å². The van der Waals surface area contributed by atoms with Gasteiger partial charge in [0.05, 0.1) is 5.02 Å². The van der Waals surface area contributed by atoms with Gasteiger partial charge in [0.1, 0.15) is 5.75 Å². The minimum atomic E-state index is -1.06. The number of hydrogen-bond donors (Lipinski definition) is 2. The van der Waals surface area contributed by atoms with Crippen molar-refractivity contribution in [1.29, 1.82) is 0 Å². The van der Waals surface area contributed by atoms with E-state index in [0.29, 0.717) is 6.54 Å². The van der Waals surface area contributed by atoms with Crippen molar-refractivity contribution >= 4 is 11.6 Å². The number of nitrogens with two attached hydrogens (primary N) is 1. The predicted octanol–water partition coefficient (Wildman–Crippen LogP) is 2.46. The van der Waals surface area contributed by atoms with Crippen molar-refractivity contribution in [2.24, 2.45) is 11.7 Å². The molecule has 1 aromatic rings. The molecule has 1 rings (SSSR count). The highest BCUT2D eigenvalue weighted by atomic mass is 35.5. The molecule has 84 valence electrons. The third-order valence-corrected chi connectivity index (χ3v) is 2.48. The average Bonchev–Trinajstić information content (AvgIpc) is 2.21. The third-order valence-electron chi connectivity index (χ3n) is 2.20. The first-order valence-corrected chi connectivity index (χ1v) is 4.90. The minimum Gasteiger partial charge on any atom is -0.506 e. The summed E-state index contributed by atoms with van der Waals surface area (Å²) in [4.78, 5) is 0. The molecule has 0 amide bonds. The second kappa shape index (κ2) is 4.77. The Morgan fingerprint density at radius 3 is 2.67 bits per heavy atom. The summed E-state index contributed by atoms with van der Waals surface area (Å²) in [7, 11) is 0. The summed E-state index contributed by atoms with van der Waals surface area (Å²) in [6.07, 6.45) is 0.158. The zero-order valence-electron chi connectivity index (χ0n) is 8.23. The molecule has 1 aromatic carbocycles. The van der Waals surface area contributed by atoms with E-state index in [9.17, 15) is 13.9 Å². The quantitative estimate of drug-likeness (QED) is 0.791. The van der Waals surface area contributed by atoms with Crippen LogP contribution in [-0.4, -0.2) is 11.7 Å². The van der Waals surface area contributed by atoms with Gasteiger partial charge in [-0.05, 0) is 24.9 Å². The van der Waals surface area contributed by atoms with Crippen molar-refractivity contribution in [2.75, 3.05) is 6.54 Å². The molecule has 0 aliphatic heterocycles. The van der Waals surface area contributed by atoms with E-state index in [4.69, 9.17) is 17.3 Å². The topological polar surface area (TPSA) is 46.2 Å². The number of rotatable bonds is 3. The van der Waals surface area contributed by atoms with E-state index in [1.165, 1.54) is 0 Å². The maximum Gasteiger partial charge on any atom is 0.165 e. The normalized spacial score (nSPS) is 12.9. The highest BCUT2D eigenvalue weighted by molar-refractivity contribution is 6.32. The van der Waals surface area contributed by atoms with Gasteiger partial charge in [0.25, 0.3) is 0 Å². The Labute approximate surface area is 91.7 Å². The van der Waals surface area contributed by atoms with Crippen molar-refractivity contribution in [3.8, 4) is 5.75 Å². The molecule has 1 unspecified atom stereocenters. The summed E-state index contributed by atoms with van der Waals surface area (Å²) in [6.45, 7) is 2.10. The first kappa shape index (κ1) is 12.2. The summed E-state index contributed by atoms with van der Waals surface area (Å²) in [5.74, 6) is -2.58. The lowest BCUT2D eigenvalue weighted by atomic mass is 10.00.